The predicted octanol–water partition coefficient (Wildman–Crippen LogP) is 2.84. The maximum absolute atomic E-state index is 8.96. The highest BCUT2D eigenvalue weighted by atomic mass is 16.5. The smallest absolute Gasteiger partial charge is 0.0488 e. The molecule has 13 heavy (non-hydrogen) atoms. The fourth-order valence-corrected chi connectivity index (χ4v) is 1.03. The van der Waals surface area contributed by atoms with Gasteiger partial charge in [-0.05, 0) is 18.1 Å². The number of hydrogen-bond acceptors (Lipinski definition) is 2. The van der Waals surface area contributed by atoms with Crippen molar-refractivity contribution < 1.29 is 5.21 Å². The molecular formula is C11H19NO. The van der Waals surface area contributed by atoms with Gasteiger partial charge in [-0.15, -0.1) is 0 Å². The van der Waals surface area contributed by atoms with E-state index in [0.29, 0.717) is 6.54 Å². The summed E-state index contributed by atoms with van der Waals surface area (Å²) >= 11 is 0. The first-order chi connectivity index (χ1) is 6.20. The second-order valence-corrected chi connectivity index (χ2v) is 2.74. The molecule has 0 aromatic heterocycles. The molecule has 0 bridgehead atoms. The monoisotopic (exact) mass is 181 g/mol. The van der Waals surface area contributed by atoms with Gasteiger partial charge in [-0.25, -0.2) is 0 Å². The van der Waals surface area contributed by atoms with E-state index in [9.17, 15) is 0 Å². The second kappa shape index (κ2) is 6.63. The van der Waals surface area contributed by atoms with Crippen LogP contribution in [0.25, 0.3) is 0 Å². The Morgan fingerprint density at radius 3 is 2.23 bits per heavy atom. The third-order valence-corrected chi connectivity index (χ3v) is 1.66. The molecule has 0 radical (unpaired) electrons. The van der Waals surface area contributed by atoms with E-state index < -0.39 is 0 Å². The highest BCUT2D eigenvalue weighted by Gasteiger charge is 1.97. The van der Waals surface area contributed by atoms with Crippen LogP contribution in [0.1, 0.15) is 25.0 Å². The predicted molar refractivity (Wildman–Crippen MR) is 55.8 cm³/mol. The molecular weight excluding hydrogens is 162 g/mol. The lowest BCUT2D eigenvalue weighted by Gasteiger charge is -2.09. The van der Waals surface area contributed by atoms with Crippen LogP contribution in [0.5, 0.6) is 0 Å². The van der Waals surface area contributed by atoms with E-state index in [4.69, 9.17) is 5.21 Å². The zero-order valence-electron chi connectivity index (χ0n) is 8.91. The van der Waals surface area contributed by atoms with Gasteiger partial charge in [-0.3, -0.25) is 0 Å². The summed E-state index contributed by atoms with van der Waals surface area (Å²) in [5.74, 6) is 0. The number of aryl methyl sites for hydroxylation is 1. The molecule has 0 aliphatic heterocycles. The SMILES string of the molecule is CC.Cc1ccccc1CN(C)O. The topological polar surface area (TPSA) is 23.5 Å². The Bertz CT molecular complexity index is 233. The molecule has 1 N–H and O–H groups in total. The number of benzene rings is 1. The van der Waals surface area contributed by atoms with Crippen molar-refractivity contribution >= 4 is 0 Å². The van der Waals surface area contributed by atoms with Crippen molar-refractivity contribution in [2.24, 2.45) is 0 Å². The van der Waals surface area contributed by atoms with Gasteiger partial charge < -0.3 is 5.21 Å². The zero-order valence-corrected chi connectivity index (χ0v) is 8.91. The van der Waals surface area contributed by atoms with E-state index in [2.05, 4.69) is 0 Å². The first-order valence-corrected chi connectivity index (χ1v) is 4.64. The van der Waals surface area contributed by atoms with E-state index in [1.807, 2.05) is 45.0 Å². The summed E-state index contributed by atoms with van der Waals surface area (Å²) < 4.78 is 0. The minimum Gasteiger partial charge on any atom is -0.314 e. The summed E-state index contributed by atoms with van der Waals surface area (Å²) in [6, 6.07) is 8.03. The molecule has 0 spiro atoms. The largest absolute Gasteiger partial charge is 0.314 e. The highest BCUT2D eigenvalue weighted by Crippen LogP contribution is 2.07. The molecule has 0 saturated heterocycles. The van der Waals surface area contributed by atoms with Crippen LogP contribution in [0.4, 0.5) is 0 Å². The quantitative estimate of drug-likeness (QED) is 0.709. The maximum atomic E-state index is 8.96. The Labute approximate surface area is 80.8 Å². The molecule has 0 aliphatic carbocycles. The fraction of sp³-hybridized carbons (Fsp3) is 0.455. The van der Waals surface area contributed by atoms with Crippen molar-refractivity contribution in [1.82, 2.24) is 5.06 Å². The molecule has 0 amide bonds. The molecule has 0 unspecified atom stereocenters. The van der Waals surface area contributed by atoms with Gasteiger partial charge in [0.15, 0.2) is 0 Å². The summed E-state index contributed by atoms with van der Waals surface area (Å²) in [5.41, 5.74) is 2.38. The van der Waals surface area contributed by atoms with Crippen LogP contribution in [0.15, 0.2) is 24.3 Å². The number of hydroxylamine groups is 2. The van der Waals surface area contributed by atoms with E-state index in [-0.39, 0.29) is 0 Å². The second-order valence-electron chi connectivity index (χ2n) is 2.74. The first-order valence-electron chi connectivity index (χ1n) is 4.64. The average molecular weight is 181 g/mol. The van der Waals surface area contributed by atoms with Crippen LogP contribution in [0, 0.1) is 6.92 Å². The van der Waals surface area contributed by atoms with Gasteiger partial charge in [-0.2, -0.15) is 5.06 Å². The standard InChI is InChI=1S/C9H13NO.C2H6/c1-8-5-3-4-6-9(8)7-10(2)11;1-2/h3-6,11H,7H2,1-2H3;1-2H3. The molecule has 2 heteroatoms. The van der Waals surface area contributed by atoms with Crippen LogP contribution in [-0.4, -0.2) is 17.3 Å². The van der Waals surface area contributed by atoms with Crippen LogP contribution >= 0.6 is 0 Å². The Morgan fingerprint density at radius 1 is 1.23 bits per heavy atom. The van der Waals surface area contributed by atoms with E-state index in [1.54, 1.807) is 7.05 Å². The summed E-state index contributed by atoms with van der Waals surface area (Å²) in [5, 5.41) is 10.1. The summed E-state index contributed by atoms with van der Waals surface area (Å²) in [7, 11) is 1.65. The van der Waals surface area contributed by atoms with Crippen molar-refractivity contribution in [2.45, 2.75) is 27.3 Å². The number of hydrogen-bond donors (Lipinski definition) is 1. The van der Waals surface area contributed by atoms with Gasteiger partial charge >= 0.3 is 0 Å². The Balaban J connectivity index is 0.000000671. The van der Waals surface area contributed by atoms with Gasteiger partial charge in [0.25, 0.3) is 0 Å². The van der Waals surface area contributed by atoms with E-state index in [0.717, 1.165) is 5.56 Å². The van der Waals surface area contributed by atoms with Gasteiger partial charge in [0.2, 0.25) is 0 Å². The van der Waals surface area contributed by atoms with Crippen molar-refractivity contribution in [1.29, 1.82) is 0 Å². The fourth-order valence-electron chi connectivity index (χ4n) is 1.03. The molecule has 0 saturated carbocycles. The lowest BCUT2D eigenvalue weighted by Crippen LogP contribution is -2.12. The minimum atomic E-state index is 0.590. The molecule has 0 fully saturated rings. The third-order valence-electron chi connectivity index (χ3n) is 1.66. The minimum absolute atomic E-state index is 0.590. The van der Waals surface area contributed by atoms with Crippen LogP contribution < -0.4 is 0 Å². The van der Waals surface area contributed by atoms with Crippen LogP contribution in [-0.2, 0) is 6.54 Å². The van der Waals surface area contributed by atoms with Gasteiger partial charge in [0, 0.05) is 13.6 Å². The number of nitrogens with zero attached hydrogens (tertiary/aromatic N) is 1. The molecule has 1 rings (SSSR count). The summed E-state index contributed by atoms with van der Waals surface area (Å²) in [4.78, 5) is 0. The van der Waals surface area contributed by atoms with E-state index >= 15 is 0 Å². The molecule has 2 nitrogen and oxygen atoms in total. The Kier molecular flexibility index (Phi) is 6.20. The van der Waals surface area contributed by atoms with E-state index in [1.165, 1.54) is 10.6 Å². The lowest BCUT2D eigenvalue weighted by molar-refractivity contribution is -0.0732. The molecule has 74 valence electrons. The molecule has 1 aromatic carbocycles. The number of rotatable bonds is 2. The van der Waals surface area contributed by atoms with Gasteiger partial charge in [-0.1, -0.05) is 38.1 Å². The first kappa shape index (κ1) is 12.1. The lowest BCUT2D eigenvalue weighted by atomic mass is 10.1. The zero-order chi connectivity index (χ0) is 10.3. The summed E-state index contributed by atoms with van der Waals surface area (Å²) in [6.45, 7) is 6.63. The average Bonchev–Trinajstić information content (AvgIpc) is 2.12. The Hall–Kier alpha value is -0.860. The van der Waals surface area contributed by atoms with Crippen molar-refractivity contribution in [2.75, 3.05) is 7.05 Å². The van der Waals surface area contributed by atoms with Crippen molar-refractivity contribution in [3.8, 4) is 0 Å². The Morgan fingerprint density at radius 2 is 1.77 bits per heavy atom. The molecule has 0 aliphatic rings. The molecule has 0 atom stereocenters. The summed E-state index contributed by atoms with van der Waals surface area (Å²) in [6.07, 6.45) is 0. The third kappa shape index (κ3) is 4.65. The maximum Gasteiger partial charge on any atom is 0.0488 e. The normalized spacial score (nSPS) is 9.38. The molecule has 1 aromatic rings. The van der Waals surface area contributed by atoms with Gasteiger partial charge in [0.05, 0.1) is 0 Å². The van der Waals surface area contributed by atoms with Crippen LogP contribution in [0.2, 0.25) is 0 Å². The molecule has 0 heterocycles. The highest BCUT2D eigenvalue weighted by molar-refractivity contribution is 5.24. The van der Waals surface area contributed by atoms with Crippen molar-refractivity contribution in [3.05, 3.63) is 35.4 Å². The van der Waals surface area contributed by atoms with Crippen LogP contribution in [0.3, 0.4) is 0 Å². The van der Waals surface area contributed by atoms with Crippen molar-refractivity contribution in [3.63, 3.8) is 0 Å². The van der Waals surface area contributed by atoms with Gasteiger partial charge in [0.1, 0.15) is 0 Å².